The standard InChI is InChI=1S/C13H20ClNOS/c1-8(2)10(9(3)4)7-15-13(16)11-5-6-12(14)17-11/h5-6,8-10H,7H2,1-4H3,(H,15,16). The van der Waals surface area contributed by atoms with Crippen LogP contribution in [0.15, 0.2) is 12.1 Å². The molecular formula is C13H20ClNOS. The molecule has 0 saturated carbocycles. The van der Waals surface area contributed by atoms with E-state index in [0.717, 1.165) is 6.54 Å². The molecule has 4 heteroatoms. The van der Waals surface area contributed by atoms with Crippen LogP contribution in [0.2, 0.25) is 4.34 Å². The van der Waals surface area contributed by atoms with Gasteiger partial charge in [-0.3, -0.25) is 4.79 Å². The smallest absolute Gasteiger partial charge is 0.261 e. The number of halogens is 1. The van der Waals surface area contributed by atoms with E-state index in [1.807, 2.05) is 0 Å². The molecular weight excluding hydrogens is 254 g/mol. The Morgan fingerprint density at radius 1 is 1.29 bits per heavy atom. The SMILES string of the molecule is CC(C)C(CNC(=O)c1ccc(Cl)s1)C(C)C. The van der Waals surface area contributed by atoms with E-state index in [0.29, 0.717) is 27.0 Å². The summed E-state index contributed by atoms with van der Waals surface area (Å²) in [6.07, 6.45) is 0. The van der Waals surface area contributed by atoms with Crippen molar-refractivity contribution in [3.8, 4) is 0 Å². The molecule has 0 aliphatic carbocycles. The Labute approximate surface area is 112 Å². The van der Waals surface area contributed by atoms with Gasteiger partial charge in [0.2, 0.25) is 0 Å². The number of carbonyl (C=O) groups is 1. The van der Waals surface area contributed by atoms with Crippen LogP contribution in [0, 0.1) is 17.8 Å². The van der Waals surface area contributed by atoms with Crippen LogP contribution in [-0.2, 0) is 0 Å². The first kappa shape index (κ1) is 14.5. The van der Waals surface area contributed by atoms with Crippen molar-refractivity contribution in [2.75, 3.05) is 6.54 Å². The minimum absolute atomic E-state index is 0.0202. The second-order valence-corrected chi connectivity index (χ2v) is 6.68. The molecule has 0 spiro atoms. The van der Waals surface area contributed by atoms with Gasteiger partial charge in [0.1, 0.15) is 0 Å². The first-order valence-corrected chi connectivity index (χ1v) is 7.14. The van der Waals surface area contributed by atoms with Crippen LogP contribution >= 0.6 is 22.9 Å². The van der Waals surface area contributed by atoms with E-state index in [1.54, 1.807) is 12.1 Å². The van der Waals surface area contributed by atoms with Gasteiger partial charge >= 0.3 is 0 Å². The van der Waals surface area contributed by atoms with Crippen molar-refractivity contribution < 1.29 is 4.79 Å². The van der Waals surface area contributed by atoms with E-state index < -0.39 is 0 Å². The van der Waals surface area contributed by atoms with Crippen molar-refractivity contribution >= 4 is 28.8 Å². The van der Waals surface area contributed by atoms with Gasteiger partial charge in [-0.2, -0.15) is 0 Å². The van der Waals surface area contributed by atoms with Crippen LogP contribution < -0.4 is 5.32 Å². The molecule has 1 aromatic rings. The van der Waals surface area contributed by atoms with Gasteiger partial charge in [0.05, 0.1) is 9.21 Å². The molecule has 0 aliphatic rings. The van der Waals surface area contributed by atoms with Gasteiger partial charge in [-0.05, 0) is 29.9 Å². The van der Waals surface area contributed by atoms with Crippen LogP contribution in [-0.4, -0.2) is 12.5 Å². The highest BCUT2D eigenvalue weighted by molar-refractivity contribution is 7.17. The first-order valence-electron chi connectivity index (χ1n) is 5.95. The molecule has 1 heterocycles. The van der Waals surface area contributed by atoms with Crippen LogP contribution in [0.4, 0.5) is 0 Å². The van der Waals surface area contributed by atoms with Gasteiger partial charge in [-0.15, -0.1) is 11.3 Å². The Balaban J connectivity index is 2.52. The minimum Gasteiger partial charge on any atom is -0.351 e. The van der Waals surface area contributed by atoms with Gasteiger partial charge in [-0.25, -0.2) is 0 Å². The zero-order valence-corrected chi connectivity index (χ0v) is 12.4. The molecule has 0 radical (unpaired) electrons. The van der Waals surface area contributed by atoms with Gasteiger partial charge in [0.15, 0.2) is 0 Å². The van der Waals surface area contributed by atoms with E-state index in [-0.39, 0.29) is 5.91 Å². The fourth-order valence-corrected chi connectivity index (χ4v) is 2.93. The van der Waals surface area contributed by atoms with Crippen molar-refractivity contribution in [1.29, 1.82) is 0 Å². The minimum atomic E-state index is -0.0202. The Morgan fingerprint density at radius 2 is 1.88 bits per heavy atom. The molecule has 0 unspecified atom stereocenters. The molecule has 0 aromatic carbocycles. The third-order valence-corrected chi connectivity index (χ3v) is 4.24. The number of hydrogen-bond acceptors (Lipinski definition) is 2. The summed E-state index contributed by atoms with van der Waals surface area (Å²) < 4.78 is 0.652. The van der Waals surface area contributed by atoms with Gasteiger partial charge in [0, 0.05) is 6.54 Å². The lowest BCUT2D eigenvalue weighted by molar-refractivity contribution is 0.0941. The Kier molecular flexibility index (Phi) is 5.47. The zero-order chi connectivity index (χ0) is 13.0. The number of rotatable bonds is 5. The number of amides is 1. The van der Waals surface area contributed by atoms with Gasteiger partial charge in [-0.1, -0.05) is 39.3 Å². The lowest BCUT2D eigenvalue weighted by Gasteiger charge is -2.24. The van der Waals surface area contributed by atoms with E-state index in [1.165, 1.54) is 11.3 Å². The highest BCUT2D eigenvalue weighted by Gasteiger charge is 2.18. The Bertz CT molecular complexity index is 365. The zero-order valence-electron chi connectivity index (χ0n) is 10.8. The summed E-state index contributed by atoms with van der Waals surface area (Å²) in [7, 11) is 0. The highest BCUT2D eigenvalue weighted by atomic mass is 35.5. The number of hydrogen-bond donors (Lipinski definition) is 1. The maximum atomic E-state index is 11.8. The molecule has 0 atom stereocenters. The molecule has 0 bridgehead atoms. The maximum Gasteiger partial charge on any atom is 0.261 e. The second kappa shape index (κ2) is 6.41. The molecule has 1 amide bonds. The number of thiophene rings is 1. The van der Waals surface area contributed by atoms with Crippen LogP contribution in [0.5, 0.6) is 0 Å². The lowest BCUT2D eigenvalue weighted by atomic mass is 9.85. The topological polar surface area (TPSA) is 29.1 Å². The van der Waals surface area contributed by atoms with E-state index in [2.05, 4.69) is 33.0 Å². The molecule has 96 valence electrons. The van der Waals surface area contributed by atoms with Crippen LogP contribution in [0.3, 0.4) is 0 Å². The lowest BCUT2D eigenvalue weighted by Crippen LogP contribution is -2.33. The predicted octanol–water partition coefficient (Wildman–Crippen LogP) is 4.06. The number of nitrogens with one attached hydrogen (secondary N) is 1. The van der Waals surface area contributed by atoms with Crippen molar-refractivity contribution in [2.24, 2.45) is 17.8 Å². The summed E-state index contributed by atoms with van der Waals surface area (Å²) in [5, 5.41) is 2.99. The van der Waals surface area contributed by atoms with Gasteiger partial charge in [0.25, 0.3) is 5.91 Å². The fourth-order valence-electron chi connectivity index (χ4n) is 1.98. The third-order valence-electron chi connectivity index (χ3n) is 3.01. The third kappa shape index (κ3) is 4.32. The van der Waals surface area contributed by atoms with E-state index in [9.17, 15) is 4.79 Å². The van der Waals surface area contributed by atoms with Crippen molar-refractivity contribution in [2.45, 2.75) is 27.7 Å². The molecule has 1 aromatic heterocycles. The Hall–Kier alpha value is -0.540. The average Bonchev–Trinajstić information content (AvgIpc) is 2.63. The summed E-state index contributed by atoms with van der Waals surface area (Å²) in [5.74, 6) is 1.63. The normalized spacial score (nSPS) is 11.5. The molecule has 17 heavy (non-hydrogen) atoms. The van der Waals surface area contributed by atoms with Gasteiger partial charge < -0.3 is 5.32 Å². The van der Waals surface area contributed by atoms with Crippen molar-refractivity contribution in [3.05, 3.63) is 21.3 Å². The molecule has 1 N–H and O–H groups in total. The molecule has 2 nitrogen and oxygen atoms in total. The maximum absolute atomic E-state index is 11.8. The van der Waals surface area contributed by atoms with Crippen molar-refractivity contribution in [3.63, 3.8) is 0 Å². The Morgan fingerprint density at radius 3 is 2.29 bits per heavy atom. The summed E-state index contributed by atoms with van der Waals surface area (Å²) in [6.45, 7) is 9.50. The molecule has 0 fully saturated rings. The van der Waals surface area contributed by atoms with E-state index in [4.69, 9.17) is 11.6 Å². The quantitative estimate of drug-likeness (QED) is 0.861. The largest absolute Gasteiger partial charge is 0.351 e. The average molecular weight is 274 g/mol. The highest BCUT2D eigenvalue weighted by Crippen LogP contribution is 2.22. The fraction of sp³-hybridized carbons (Fsp3) is 0.615. The number of carbonyl (C=O) groups excluding carboxylic acids is 1. The summed E-state index contributed by atoms with van der Waals surface area (Å²) >= 11 is 7.12. The molecule has 0 saturated heterocycles. The molecule has 1 rings (SSSR count). The molecule has 0 aliphatic heterocycles. The first-order chi connectivity index (χ1) is 7.91. The van der Waals surface area contributed by atoms with Crippen LogP contribution in [0.25, 0.3) is 0 Å². The monoisotopic (exact) mass is 273 g/mol. The summed E-state index contributed by atoms with van der Waals surface area (Å²) in [5.41, 5.74) is 0. The van der Waals surface area contributed by atoms with Crippen LogP contribution in [0.1, 0.15) is 37.4 Å². The summed E-state index contributed by atoms with van der Waals surface area (Å²) in [6, 6.07) is 3.52. The van der Waals surface area contributed by atoms with E-state index >= 15 is 0 Å². The van der Waals surface area contributed by atoms with Crippen molar-refractivity contribution in [1.82, 2.24) is 5.32 Å². The second-order valence-electron chi connectivity index (χ2n) is 4.97. The summed E-state index contributed by atoms with van der Waals surface area (Å²) in [4.78, 5) is 12.5. The predicted molar refractivity (Wildman–Crippen MR) is 74.8 cm³/mol.